The lowest BCUT2D eigenvalue weighted by Crippen LogP contribution is -2.21. The van der Waals surface area contributed by atoms with E-state index < -0.39 is 18.5 Å². The summed E-state index contributed by atoms with van der Waals surface area (Å²) >= 11 is 6.25. The molecule has 0 spiro atoms. The van der Waals surface area contributed by atoms with Crippen molar-refractivity contribution in [2.24, 2.45) is 5.92 Å². The molecule has 8 heteroatoms. The van der Waals surface area contributed by atoms with Gasteiger partial charge in [0.25, 0.3) is 5.91 Å². The zero-order valence-electron chi connectivity index (χ0n) is 15.9. The number of hydrogen-bond acceptors (Lipinski definition) is 5. The molecular formula is C19H24ClN3O4. The Morgan fingerprint density at radius 2 is 2.00 bits per heavy atom. The number of nitrogens with one attached hydrogen (secondary N) is 1. The molecular weight excluding hydrogens is 370 g/mol. The van der Waals surface area contributed by atoms with E-state index in [2.05, 4.69) is 10.4 Å². The average molecular weight is 394 g/mol. The van der Waals surface area contributed by atoms with Crippen molar-refractivity contribution in [3.63, 3.8) is 0 Å². The van der Waals surface area contributed by atoms with E-state index in [1.54, 1.807) is 35.9 Å². The number of ether oxygens (including phenoxy) is 2. The molecule has 2 rings (SSSR count). The SMILES string of the molecule is CCOc1ccccc1NC(=O)COC(=O)c1c(C)nn(CC(C)C)c1Cl. The summed E-state index contributed by atoms with van der Waals surface area (Å²) in [4.78, 5) is 24.5. The van der Waals surface area contributed by atoms with Crippen LogP contribution in [-0.2, 0) is 16.1 Å². The van der Waals surface area contributed by atoms with Gasteiger partial charge in [-0.15, -0.1) is 0 Å². The molecule has 0 aliphatic rings. The zero-order chi connectivity index (χ0) is 20.0. The highest BCUT2D eigenvalue weighted by molar-refractivity contribution is 6.32. The summed E-state index contributed by atoms with van der Waals surface area (Å²) in [7, 11) is 0. The van der Waals surface area contributed by atoms with Crippen LogP contribution < -0.4 is 10.1 Å². The first-order chi connectivity index (χ1) is 12.8. The number of carbonyl (C=O) groups is 2. The molecule has 0 aliphatic heterocycles. The maximum atomic E-state index is 12.3. The molecule has 1 N–H and O–H groups in total. The van der Waals surface area contributed by atoms with Crippen molar-refractivity contribution in [3.05, 3.63) is 40.7 Å². The van der Waals surface area contributed by atoms with Gasteiger partial charge < -0.3 is 14.8 Å². The lowest BCUT2D eigenvalue weighted by atomic mass is 10.2. The molecule has 1 heterocycles. The predicted octanol–water partition coefficient (Wildman–Crippen LogP) is 3.70. The summed E-state index contributed by atoms with van der Waals surface area (Å²) in [5.74, 6) is -0.282. The summed E-state index contributed by atoms with van der Waals surface area (Å²) in [6.45, 7) is 8.20. The highest BCUT2D eigenvalue weighted by Crippen LogP contribution is 2.24. The van der Waals surface area contributed by atoms with Gasteiger partial charge >= 0.3 is 5.97 Å². The normalized spacial score (nSPS) is 10.7. The molecule has 7 nitrogen and oxygen atoms in total. The van der Waals surface area contributed by atoms with Gasteiger partial charge in [-0.1, -0.05) is 37.6 Å². The third-order valence-electron chi connectivity index (χ3n) is 3.60. The number of aromatic nitrogens is 2. The van der Waals surface area contributed by atoms with Crippen molar-refractivity contribution in [1.82, 2.24) is 9.78 Å². The van der Waals surface area contributed by atoms with Gasteiger partial charge in [0.2, 0.25) is 0 Å². The number of rotatable bonds is 8. The Hall–Kier alpha value is -2.54. The van der Waals surface area contributed by atoms with Crippen LogP contribution in [-0.4, -0.2) is 34.9 Å². The second-order valence-corrected chi connectivity index (χ2v) is 6.74. The van der Waals surface area contributed by atoms with E-state index in [0.717, 1.165) is 0 Å². The Morgan fingerprint density at radius 3 is 2.67 bits per heavy atom. The van der Waals surface area contributed by atoms with Crippen LogP contribution in [0.2, 0.25) is 5.15 Å². The fourth-order valence-electron chi connectivity index (χ4n) is 2.49. The highest BCUT2D eigenvalue weighted by atomic mass is 35.5. The minimum absolute atomic E-state index is 0.180. The fraction of sp³-hybridized carbons (Fsp3) is 0.421. The third kappa shape index (κ3) is 5.47. The minimum atomic E-state index is -0.680. The molecule has 0 radical (unpaired) electrons. The van der Waals surface area contributed by atoms with Gasteiger partial charge in [0.05, 0.1) is 18.0 Å². The van der Waals surface area contributed by atoms with Gasteiger partial charge in [-0.25, -0.2) is 4.79 Å². The van der Waals surface area contributed by atoms with Gasteiger partial charge in [0.15, 0.2) is 6.61 Å². The number of anilines is 1. The monoisotopic (exact) mass is 393 g/mol. The number of esters is 1. The van der Waals surface area contributed by atoms with Crippen molar-refractivity contribution in [3.8, 4) is 5.75 Å². The maximum Gasteiger partial charge on any atom is 0.343 e. The van der Waals surface area contributed by atoms with E-state index in [1.165, 1.54) is 0 Å². The van der Waals surface area contributed by atoms with Crippen LogP contribution in [0.3, 0.4) is 0 Å². The van der Waals surface area contributed by atoms with Crippen LogP contribution >= 0.6 is 11.6 Å². The highest BCUT2D eigenvalue weighted by Gasteiger charge is 2.23. The van der Waals surface area contributed by atoms with Crippen molar-refractivity contribution >= 4 is 29.2 Å². The number of para-hydroxylation sites is 2. The van der Waals surface area contributed by atoms with Gasteiger partial charge in [-0.3, -0.25) is 9.48 Å². The molecule has 0 bridgehead atoms. The van der Waals surface area contributed by atoms with Gasteiger partial charge in [0, 0.05) is 6.54 Å². The molecule has 0 atom stereocenters. The topological polar surface area (TPSA) is 82.4 Å². The van der Waals surface area contributed by atoms with Crippen LogP contribution in [0.5, 0.6) is 5.75 Å². The van der Waals surface area contributed by atoms with Gasteiger partial charge in [0.1, 0.15) is 16.5 Å². The van der Waals surface area contributed by atoms with Crippen LogP contribution in [0.25, 0.3) is 0 Å². The van der Waals surface area contributed by atoms with Crippen LogP contribution in [0.15, 0.2) is 24.3 Å². The molecule has 0 aliphatic carbocycles. The molecule has 27 heavy (non-hydrogen) atoms. The number of amides is 1. The number of hydrogen-bond donors (Lipinski definition) is 1. The smallest absolute Gasteiger partial charge is 0.343 e. The minimum Gasteiger partial charge on any atom is -0.492 e. The zero-order valence-corrected chi connectivity index (χ0v) is 16.7. The van der Waals surface area contributed by atoms with Crippen molar-refractivity contribution in [2.75, 3.05) is 18.5 Å². The first-order valence-electron chi connectivity index (χ1n) is 8.75. The summed E-state index contributed by atoms with van der Waals surface area (Å²) < 4.78 is 12.1. The van der Waals surface area contributed by atoms with Gasteiger partial charge in [-0.05, 0) is 31.9 Å². The molecule has 2 aromatic rings. The molecule has 0 fully saturated rings. The van der Waals surface area contributed by atoms with E-state index >= 15 is 0 Å². The summed E-state index contributed by atoms with van der Waals surface area (Å²) in [6.07, 6.45) is 0. The molecule has 146 valence electrons. The largest absolute Gasteiger partial charge is 0.492 e. The first kappa shape index (κ1) is 20.8. The quantitative estimate of drug-likeness (QED) is 0.691. The second kappa shape index (κ2) is 9.41. The molecule has 0 unspecified atom stereocenters. The van der Waals surface area contributed by atoms with Crippen LogP contribution in [0.4, 0.5) is 5.69 Å². The van der Waals surface area contributed by atoms with Crippen molar-refractivity contribution < 1.29 is 19.1 Å². The number of benzene rings is 1. The number of halogens is 1. The number of nitrogens with zero attached hydrogens (tertiary/aromatic N) is 2. The standard InChI is InChI=1S/C19H24ClN3O4/c1-5-26-15-9-7-6-8-14(15)21-16(24)11-27-19(25)17-13(4)22-23(18(17)20)10-12(2)3/h6-9,12H,5,10-11H2,1-4H3,(H,21,24). The van der Waals surface area contributed by atoms with Crippen LogP contribution in [0, 0.1) is 12.8 Å². The number of carbonyl (C=O) groups excluding carboxylic acids is 2. The molecule has 1 aromatic carbocycles. The van der Waals surface area contributed by atoms with Crippen molar-refractivity contribution in [2.45, 2.75) is 34.2 Å². The lowest BCUT2D eigenvalue weighted by molar-refractivity contribution is -0.119. The Bertz CT molecular complexity index is 817. The van der Waals surface area contributed by atoms with Crippen LogP contribution in [0.1, 0.15) is 36.8 Å². The molecule has 1 aromatic heterocycles. The average Bonchev–Trinajstić information content (AvgIpc) is 2.88. The maximum absolute atomic E-state index is 12.3. The van der Waals surface area contributed by atoms with E-state index in [4.69, 9.17) is 21.1 Å². The fourth-order valence-corrected chi connectivity index (χ4v) is 2.81. The Balaban J connectivity index is 2.00. The lowest BCUT2D eigenvalue weighted by Gasteiger charge is -2.11. The third-order valence-corrected chi connectivity index (χ3v) is 3.99. The summed E-state index contributed by atoms with van der Waals surface area (Å²) in [6, 6.07) is 7.04. The van der Waals surface area contributed by atoms with E-state index in [0.29, 0.717) is 36.2 Å². The Labute approximate surface area is 163 Å². The molecule has 0 saturated heterocycles. The molecule has 0 saturated carbocycles. The summed E-state index contributed by atoms with van der Waals surface area (Å²) in [5.41, 5.74) is 1.16. The Morgan fingerprint density at radius 1 is 1.30 bits per heavy atom. The second-order valence-electron chi connectivity index (χ2n) is 6.38. The van der Waals surface area contributed by atoms with E-state index in [1.807, 2.05) is 20.8 Å². The predicted molar refractivity (Wildman–Crippen MR) is 103 cm³/mol. The van der Waals surface area contributed by atoms with E-state index in [-0.39, 0.29) is 10.7 Å². The van der Waals surface area contributed by atoms with E-state index in [9.17, 15) is 9.59 Å². The number of aryl methyl sites for hydroxylation is 1. The first-order valence-corrected chi connectivity index (χ1v) is 9.13. The summed E-state index contributed by atoms with van der Waals surface area (Å²) in [5, 5.41) is 7.15. The Kier molecular flexibility index (Phi) is 7.24. The van der Waals surface area contributed by atoms with Crippen molar-refractivity contribution in [1.29, 1.82) is 0 Å². The van der Waals surface area contributed by atoms with Gasteiger partial charge in [-0.2, -0.15) is 5.10 Å². The molecule has 1 amide bonds.